The summed E-state index contributed by atoms with van der Waals surface area (Å²) in [6.07, 6.45) is 5.02. The predicted octanol–water partition coefficient (Wildman–Crippen LogP) is 4.85. The van der Waals surface area contributed by atoms with E-state index in [-0.39, 0.29) is 0 Å². The Morgan fingerprint density at radius 1 is 1.35 bits per heavy atom. The Bertz CT molecular complexity index is 378. The van der Waals surface area contributed by atoms with Crippen molar-refractivity contribution in [3.8, 4) is 0 Å². The molecule has 1 fully saturated rings. The fourth-order valence-corrected chi connectivity index (χ4v) is 3.23. The molecular formula is C14H19Cl2N. The molecule has 1 atom stereocenters. The second-order valence-electron chi connectivity index (χ2n) is 4.63. The molecule has 3 heteroatoms. The average molecular weight is 272 g/mol. The first-order valence-electron chi connectivity index (χ1n) is 6.38. The summed E-state index contributed by atoms with van der Waals surface area (Å²) in [5, 5.41) is 0.837. The normalized spacial score (nSPS) is 20.6. The van der Waals surface area contributed by atoms with Crippen molar-refractivity contribution in [2.75, 3.05) is 11.4 Å². The number of rotatable bonds is 3. The molecule has 1 unspecified atom stereocenters. The van der Waals surface area contributed by atoms with Crippen molar-refractivity contribution in [1.29, 1.82) is 0 Å². The van der Waals surface area contributed by atoms with Crippen molar-refractivity contribution in [3.63, 3.8) is 0 Å². The SMILES string of the molecule is CCC1CCCCN1c1c(Cl)cccc1CCl. The number of hydrogen-bond acceptors (Lipinski definition) is 1. The van der Waals surface area contributed by atoms with Gasteiger partial charge < -0.3 is 4.90 Å². The first-order chi connectivity index (χ1) is 8.27. The van der Waals surface area contributed by atoms with Gasteiger partial charge in [-0.15, -0.1) is 11.6 Å². The molecule has 1 nitrogen and oxygen atoms in total. The van der Waals surface area contributed by atoms with Gasteiger partial charge in [0.25, 0.3) is 0 Å². The number of benzene rings is 1. The molecule has 1 aliphatic heterocycles. The predicted molar refractivity (Wildman–Crippen MR) is 76.3 cm³/mol. The van der Waals surface area contributed by atoms with Gasteiger partial charge >= 0.3 is 0 Å². The number of para-hydroxylation sites is 1. The van der Waals surface area contributed by atoms with Crippen LogP contribution in [-0.4, -0.2) is 12.6 Å². The van der Waals surface area contributed by atoms with Gasteiger partial charge in [-0.05, 0) is 37.3 Å². The molecule has 1 aromatic rings. The third-order valence-electron chi connectivity index (χ3n) is 3.60. The molecule has 0 aromatic heterocycles. The molecule has 0 bridgehead atoms. The van der Waals surface area contributed by atoms with Crippen LogP contribution in [0, 0.1) is 0 Å². The van der Waals surface area contributed by atoms with Gasteiger partial charge in [0.1, 0.15) is 0 Å². The zero-order valence-electron chi connectivity index (χ0n) is 10.3. The van der Waals surface area contributed by atoms with Gasteiger partial charge in [0.05, 0.1) is 10.7 Å². The van der Waals surface area contributed by atoms with Crippen molar-refractivity contribution >= 4 is 28.9 Å². The average Bonchev–Trinajstić information content (AvgIpc) is 2.38. The Balaban J connectivity index is 2.36. The maximum Gasteiger partial charge on any atom is 0.0642 e. The van der Waals surface area contributed by atoms with Gasteiger partial charge in [0, 0.05) is 18.5 Å². The third-order valence-corrected chi connectivity index (χ3v) is 4.19. The lowest BCUT2D eigenvalue weighted by atomic mass is 9.98. The fourth-order valence-electron chi connectivity index (χ4n) is 2.71. The van der Waals surface area contributed by atoms with E-state index in [1.165, 1.54) is 25.7 Å². The van der Waals surface area contributed by atoms with E-state index < -0.39 is 0 Å². The van der Waals surface area contributed by atoms with Crippen LogP contribution < -0.4 is 4.90 Å². The highest BCUT2D eigenvalue weighted by atomic mass is 35.5. The van der Waals surface area contributed by atoms with Gasteiger partial charge in [0.15, 0.2) is 0 Å². The monoisotopic (exact) mass is 271 g/mol. The van der Waals surface area contributed by atoms with Crippen molar-refractivity contribution in [1.82, 2.24) is 0 Å². The molecule has 17 heavy (non-hydrogen) atoms. The Kier molecular flexibility index (Phi) is 4.58. The molecule has 0 amide bonds. The Hall–Kier alpha value is -0.400. The van der Waals surface area contributed by atoms with E-state index in [1.54, 1.807) is 0 Å². The van der Waals surface area contributed by atoms with Crippen molar-refractivity contribution in [2.45, 2.75) is 44.5 Å². The molecule has 0 N–H and O–H groups in total. The Morgan fingerprint density at radius 2 is 2.18 bits per heavy atom. The van der Waals surface area contributed by atoms with Gasteiger partial charge in [0.2, 0.25) is 0 Å². The minimum Gasteiger partial charge on any atom is -0.367 e. The van der Waals surface area contributed by atoms with Crippen LogP contribution in [0.2, 0.25) is 5.02 Å². The number of alkyl halides is 1. The number of nitrogens with zero attached hydrogens (tertiary/aromatic N) is 1. The number of halogens is 2. The molecular weight excluding hydrogens is 253 g/mol. The summed E-state index contributed by atoms with van der Waals surface area (Å²) >= 11 is 12.4. The molecule has 0 radical (unpaired) electrons. The maximum atomic E-state index is 6.36. The minimum absolute atomic E-state index is 0.531. The summed E-state index contributed by atoms with van der Waals surface area (Å²) in [6, 6.07) is 6.64. The number of hydrogen-bond donors (Lipinski definition) is 0. The second kappa shape index (κ2) is 5.97. The summed E-state index contributed by atoms with van der Waals surface area (Å²) in [6.45, 7) is 3.35. The zero-order valence-corrected chi connectivity index (χ0v) is 11.8. The molecule has 0 saturated carbocycles. The molecule has 1 heterocycles. The van der Waals surface area contributed by atoms with Crippen LogP contribution >= 0.6 is 23.2 Å². The van der Waals surface area contributed by atoms with Crippen molar-refractivity contribution < 1.29 is 0 Å². The topological polar surface area (TPSA) is 3.24 Å². The van der Waals surface area contributed by atoms with Crippen LogP contribution in [0.3, 0.4) is 0 Å². The number of piperidine rings is 1. The first-order valence-corrected chi connectivity index (χ1v) is 7.29. The van der Waals surface area contributed by atoms with E-state index in [9.17, 15) is 0 Å². The van der Waals surface area contributed by atoms with E-state index in [1.807, 2.05) is 12.1 Å². The fraction of sp³-hybridized carbons (Fsp3) is 0.571. The summed E-state index contributed by atoms with van der Waals surface area (Å²) in [7, 11) is 0. The van der Waals surface area contributed by atoms with Crippen LogP contribution in [0.15, 0.2) is 18.2 Å². The van der Waals surface area contributed by atoms with Crippen molar-refractivity contribution in [2.24, 2.45) is 0 Å². The molecule has 1 aromatic carbocycles. The van der Waals surface area contributed by atoms with E-state index in [0.29, 0.717) is 11.9 Å². The van der Waals surface area contributed by atoms with E-state index >= 15 is 0 Å². The van der Waals surface area contributed by atoms with Crippen LogP contribution in [0.4, 0.5) is 5.69 Å². The quantitative estimate of drug-likeness (QED) is 0.711. The highest BCUT2D eigenvalue weighted by molar-refractivity contribution is 6.33. The lowest BCUT2D eigenvalue weighted by Crippen LogP contribution is -2.39. The maximum absolute atomic E-state index is 6.36. The van der Waals surface area contributed by atoms with E-state index in [2.05, 4.69) is 17.9 Å². The summed E-state index contributed by atoms with van der Waals surface area (Å²) < 4.78 is 0. The molecule has 0 spiro atoms. The molecule has 2 rings (SSSR count). The van der Waals surface area contributed by atoms with Gasteiger partial charge in [-0.2, -0.15) is 0 Å². The van der Waals surface area contributed by atoms with E-state index in [4.69, 9.17) is 23.2 Å². The van der Waals surface area contributed by atoms with Crippen LogP contribution in [-0.2, 0) is 5.88 Å². The van der Waals surface area contributed by atoms with E-state index in [0.717, 1.165) is 22.8 Å². The lowest BCUT2D eigenvalue weighted by molar-refractivity contribution is 0.449. The van der Waals surface area contributed by atoms with Crippen LogP contribution in [0.25, 0.3) is 0 Å². The standard InChI is InChI=1S/C14H19Cl2N/c1-2-12-7-3-4-9-17(12)14-11(10-15)6-5-8-13(14)16/h5-6,8,12H,2-4,7,9-10H2,1H3. The van der Waals surface area contributed by atoms with Gasteiger partial charge in [-0.25, -0.2) is 0 Å². The van der Waals surface area contributed by atoms with Crippen LogP contribution in [0.5, 0.6) is 0 Å². The molecule has 1 saturated heterocycles. The molecule has 1 aliphatic rings. The molecule has 94 valence electrons. The number of anilines is 1. The summed E-state index contributed by atoms with van der Waals surface area (Å²) in [5.41, 5.74) is 2.32. The lowest BCUT2D eigenvalue weighted by Gasteiger charge is -2.38. The summed E-state index contributed by atoms with van der Waals surface area (Å²) in [4.78, 5) is 2.46. The zero-order chi connectivity index (χ0) is 12.3. The third kappa shape index (κ3) is 2.71. The van der Waals surface area contributed by atoms with Gasteiger partial charge in [-0.3, -0.25) is 0 Å². The second-order valence-corrected chi connectivity index (χ2v) is 5.31. The first kappa shape index (κ1) is 13.0. The highest BCUT2D eigenvalue weighted by Gasteiger charge is 2.24. The largest absolute Gasteiger partial charge is 0.367 e. The van der Waals surface area contributed by atoms with Gasteiger partial charge in [-0.1, -0.05) is 30.7 Å². The smallest absolute Gasteiger partial charge is 0.0642 e. The highest BCUT2D eigenvalue weighted by Crippen LogP contribution is 2.35. The minimum atomic E-state index is 0.531. The Morgan fingerprint density at radius 3 is 2.88 bits per heavy atom. The van der Waals surface area contributed by atoms with Crippen molar-refractivity contribution in [3.05, 3.63) is 28.8 Å². The summed E-state index contributed by atoms with van der Waals surface area (Å²) in [5.74, 6) is 0.531. The molecule has 0 aliphatic carbocycles. The Labute approximate surface area is 114 Å². The van der Waals surface area contributed by atoms with Crippen LogP contribution in [0.1, 0.15) is 38.2 Å².